The molecule has 1 fully saturated rings. The Morgan fingerprint density at radius 1 is 1.00 bits per heavy atom. The van der Waals surface area contributed by atoms with Gasteiger partial charge in [-0.3, -0.25) is 9.59 Å². The monoisotopic (exact) mass is 372 g/mol. The summed E-state index contributed by atoms with van der Waals surface area (Å²) in [6.45, 7) is 1.45. The van der Waals surface area contributed by atoms with E-state index in [2.05, 4.69) is 5.32 Å². The van der Waals surface area contributed by atoms with Crippen LogP contribution in [0.2, 0.25) is 0 Å². The number of nitrogens with one attached hydrogen (secondary N) is 1. The summed E-state index contributed by atoms with van der Waals surface area (Å²) in [5.74, 6) is -0.952. The van der Waals surface area contributed by atoms with Crippen LogP contribution in [0.15, 0.2) is 48.5 Å². The van der Waals surface area contributed by atoms with Crippen molar-refractivity contribution in [2.45, 2.75) is 19.3 Å². The van der Waals surface area contributed by atoms with Crippen molar-refractivity contribution in [3.05, 3.63) is 71.3 Å². The number of nitrogens with zero attached hydrogens (tertiary/aromatic N) is 1. The zero-order chi connectivity index (χ0) is 19.2. The number of carbonyl (C=O) groups is 2. The van der Waals surface area contributed by atoms with Crippen LogP contribution in [-0.4, -0.2) is 36.3 Å². The number of hydrogen-bond donors (Lipinski definition) is 1. The number of piperidine rings is 1. The Hall–Kier alpha value is -2.76. The summed E-state index contributed by atoms with van der Waals surface area (Å²) in [5.41, 5.74) is 1.30. The van der Waals surface area contributed by atoms with E-state index in [0.717, 1.165) is 5.56 Å². The Labute approximate surface area is 157 Å². The maximum atomic E-state index is 13.2. The lowest BCUT2D eigenvalue weighted by Crippen LogP contribution is -2.43. The molecule has 0 bridgehead atoms. The van der Waals surface area contributed by atoms with E-state index in [-0.39, 0.29) is 29.4 Å². The normalized spacial score (nSPS) is 14.8. The minimum absolute atomic E-state index is 0.0275. The molecule has 4 nitrogen and oxygen atoms in total. The summed E-state index contributed by atoms with van der Waals surface area (Å²) in [4.78, 5) is 26.4. The van der Waals surface area contributed by atoms with Gasteiger partial charge in [0.15, 0.2) is 0 Å². The van der Waals surface area contributed by atoms with E-state index in [1.54, 1.807) is 11.0 Å². The molecule has 2 amide bonds. The Kier molecular flexibility index (Phi) is 6.16. The van der Waals surface area contributed by atoms with E-state index in [9.17, 15) is 18.4 Å². The average Bonchev–Trinajstić information content (AvgIpc) is 2.68. The van der Waals surface area contributed by atoms with Crippen LogP contribution in [0.5, 0.6) is 0 Å². The van der Waals surface area contributed by atoms with E-state index in [1.165, 1.54) is 36.4 Å². The molecule has 0 saturated carbocycles. The van der Waals surface area contributed by atoms with Crippen LogP contribution in [0.25, 0.3) is 0 Å². The van der Waals surface area contributed by atoms with Crippen molar-refractivity contribution in [2.24, 2.45) is 5.92 Å². The highest BCUT2D eigenvalue weighted by atomic mass is 19.1. The van der Waals surface area contributed by atoms with Crippen LogP contribution in [-0.2, 0) is 11.2 Å². The average molecular weight is 372 g/mol. The first-order valence-electron chi connectivity index (χ1n) is 9.10. The number of carbonyl (C=O) groups excluding carboxylic acids is 2. The van der Waals surface area contributed by atoms with Crippen LogP contribution < -0.4 is 5.32 Å². The van der Waals surface area contributed by atoms with E-state index >= 15 is 0 Å². The van der Waals surface area contributed by atoms with Crippen molar-refractivity contribution < 1.29 is 18.4 Å². The maximum absolute atomic E-state index is 13.2. The second-order valence-corrected chi connectivity index (χ2v) is 6.74. The molecule has 0 atom stereocenters. The van der Waals surface area contributed by atoms with Crippen LogP contribution in [0, 0.1) is 17.6 Å². The van der Waals surface area contributed by atoms with Gasteiger partial charge in [0.05, 0.1) is 0 Å². The molecule has 142 valence electrons. The molecular weight excluding hydrogens is 350 g/mol. The van der Waals surface area contributed by atoms with Crippen LogP contribution in [0.1, 0.15) is 28.8 Å². The minimum Gasteiger partial charge on any atom is -0.356 e. The van der Waals surface area contributed by atoms with Gasteiger partial charge in [-0.2, -0.15) is 0 Å². The van der Waals surface area contributed by atoms with Gasteiger partial charge in [0.25, 0.3) is 5.91 Å². The van der Waals surface area contributed by atoms with Crippen LogP contribution >= 0.6 is 0 Å². The summed E-state index contributed by atoms with van der Waals surface area (Å²) >= 11 is 0. The van der Waals surface area contributed by atoms with E-state index < -0.39 is 0 Å². The Morgan fingerprint density at radius 2 is 1.70 bits per heavy atom. The lowest BCUT2D eigenvalue weighted by atomic mass is 9.95. The van der Waals surface area contributed by atoms with Crippen molar-refractivity contribution in [1.29, 1.82) is 0 Å². The standard InChI is InChI=1S/C21H22F2N2O2/c22-18-6-4-17(5-7-18)21(27)25-12-9-16(10-13-25)20(26)24-11-8-15-2-1-3-19(23)14-15/h1-7,14,16H,8-13H2,(H,24,26). The number of amides is 2. The highest BCUT2D eigenvalue weighted by molar-refractivity contribution is 5.94. The van der Waals surface area contributed by atoms with E-state index in [4.69, 9.17) is 0 Å². The van der Waals surface area contributed by atoms with Crippen LogP contribution in [0.4, 0.5) is 8.78 Å². The third kappa shape index (κ3) is 5.12. The number of halogens is 2. The summed E-state index contributed by atoms with van der Waals surface area (Å²) < 4.78 is 26.1. The van der Waals surface area contributed by atoms with Gasteiger partial charge in [0.2, 0.25) is 5.91 Å². The molecule has 1 N–H and O–H groups in total. The van der Waals surface area contributed by atoms with Crippen LogP contribution in [0.3, 0.4) is 0 Å². The fourth-order valence-electron chi connectivity index (χ4n) is 3.29. The second kappa shape index (κ2) is 8.75. The number of rotatable bonds is 5. The molecule has 0 radical (unpaired) electrons. The van der Waals surface area contributed by atoms with Crippen molar-refractivity contribution in [3.63, 3.8) is 0 Å². The van der Waals surface area contributed by atoms with Crippen molar-refractivity contribution in [2.75, 3.05) is 19.6 Å². The van der Waals surface area contributed by atoms with E-state index in [0.29, 0.717) is 44.5 Å². The molecule has 27 heavy (non-hydrogen) atoms. The molecule has 3 rings (SSSR count). The van der Waals surface area contributed by atoms with Crippen molar-refractivity contribution in [3.8, 4) is 0 Å². The molecule has 1 aliphatic heterocycles. The first-order valence-corrected chi connectivity index (χ1v) is 9.10. The molecular formula is C21H22F2N2O2. The molecule has 6 heteroatoms. The Balaban J connectivity index is 1.43. The third-order valence-corrected chi connectivity index (χ3v) is 4.85. The predicted octanol–water partition coefficient (Wildman–Crippen LogP) is 3.18. The summed E-state index contributed by atoms with van der Waals surface area (Å²) in [5, 5.41) is 2.90. The molecule has 2 aromatic rings. The van der Waals surface area contributed by atoms with Gasteiger partial charge >= 0.3 is 0 Å². The van der Waals surface area contributed by atoms with Gasteiger partial charge < -0.3 is 10.2 Å². The zero-order valence-electron chi connectivity index (χ0n) is 15.0. The zero-order valence-corrected chi connectivity index (χ0v) is 15.0. The second-order valence-electron chi connectivity index (χ2n) is 6.74. The molecule has 0 aliphatic carbocycles. The SMILES string of the molecule is O=C(NCCc1cccc(F)c1)C1CCN(C(=O)c2ccc(F)cc2)CC1. The van der Waals surface area contributed by atoms with Gasteiger partial charge in [-0.1, -0.05) is 12.1 Å². The largest absolute Gasteiger partial charge is 0.356 e. The minimum atomic E-state index is -0.375. The molecule has 2 aromatic carbocycles. The Bertz CT molecular complexity index is 800. The highest BCUT2D eigenvalue weighted by Gasteiger charge is 2.27. The first-order chi connectivity index (χ1) is 13.0. The van der Waals surface area contributed by atoms with Crippen molar-refractivity contribution in [1.82, 2.24) is 10.2 Å². The summed E-state index contributed by atoms with van der Waals surface area (Å²) in [6.07, 6.45) is 1.77. The molecule has 1 heterocycles. The fraction of sp³-hybridized carbons (Fsp3) is 0.333. The van der Waals surface area contributed by atoms with Gasteiger partial charge in [0, 0.05) is 31.1 Å². The quantitative estimate of drug-likeness (QED) is 0.876. The summed E-state index contributed by atoms with van der Waals surface area (Å²) in [6, 6.07) is 11.8. The van der Waals surface area contributed by atoms with Gasteiger partial charge in [-0.15, -0.1) is 0 Å². The molecule has 0 unspecified atom stereocenters. The molecule has 0 spiro atoms. The topological polar surface area (TPSA) is 49.4 Å². The first kappa shape index (κ1) is 19.0. The lowest BCUT2D eigenvalue weighted by Gasteiger charge is -2.31. The fourth-order valence-corrected chi connectivity index (χ4v) is 3.29. The van der Waals surface area contributed by atoms with Gasteiger partial charge in [-0.25, -0.2) is 8.78 Å². The third-order valence-electron chi connectivity index (χ3n) is 4.85. The summed E-state index contributed by atoms with van der Waals surface area (Å²) in [7, 11) is 0. The van der Waals surface area contributed by atoms with Gasteiger partial charge in [-0.05, 0) is 61.2 Å². The number of likely N-dealkylation sites (tertiary alicyclic amines) is 1. The molecule has 0 aromatic heterocycles. The highest BCUT2D eigenvalue weighted by Crippen LogP contribution is 2.19. The maximum Gasteiger partial charge on any atom is 0.253 e. The molecule has 1 saturated heterocycles. The molecule has 1 aliphatic rings. The predicted molar refractivity (Wildman–Crippen MR) is 98.1 cm³/mol. The smallest absolute Gasteiger partial charge is 0.253 e. The lowest BCUT2D eigenvalue weighted by molar-refractivity contribution is -0.126. The van der Waals surface area contributed by atoms with Crippen molar-refractivity contribution >= 4 is 11.8 Å². The number of hydrogen-bond acceptors (Lipinski definition) is 2. The Morgan fingerprint density at radius 3 is 2.37 bits per heavy atom. The number of benzene rings is 2. The van der Waals surface area contributed by atoms with E-state index in [1.807, 2.05) is 6.07 Å². The van der Waals surface area contributed by atoms with Gasteiger partial charge in [0.1, 0.15) is 11.6 Å².